The van der Waals surface area contributed by atoms with Gasteiger partial charge in [-0.2, -0.15) is 0 Å². The van der Waals surface area contributed by atoms with Crippen LogP contribution in [0.1, 0.15) is 34.3 Å². The third kappa shape index (κ3) is 4.11. The molecule has 0 aliphatic carbocycles. The number of carbonyl (C=O) groups is 2. The van der Waals surface area contributed by atoms with Crippen molar-refractivity contribution in [3.8, 4) is 0 Å². The van der Waals surface area contributed by atoms with Crippen molar-refractivity contribution in [2.24, 2.45) is 0 Å². The smallest absolute Gasteiger partial charge is 0.433 e. The second-order valence-corrected chi connectivity index (χ2v) is 7.73. The monoisotopic (exact) mass is 415 g/mol. The Labute approximate surface area is 169 Å². The maximum Gasteiger partial charge on any atom is 0.433 e. The van der Waals surface area contributed by atoms with Gasteiger partial charge in [0.2, 0.25) is 5.76 Å². The van der Waals surface area contributed by atoms with Gasteiger partial charge in [-0.05, 0) is 31.0 Å². The minimum absolute atomic E-state index is 0.147. The van der Waals surface area contributed by atoms with Crippen LogP contribution in [0.4, 0.5) is 5.88 Å². The van der Waals surface area contributed by atoms with Crippen molar-refractivity contribution in [3.63, 3.8) is 0 Å². The molecule has 3 heterocycles. The van der Waals surface area contributed by atoms with Crippen LogP contribution in [0.5, 0.6) is 0 Å². The molecule has 1 atom stereocenters. The third-order valence-corrected chi connectivity index (χ3v) is 5.93. The van der Waals surface area contributed by atoms with E-state index in [1.165, 1.54) is 0 Å². The van der Waals surface area contributed by atoms with E-state index in [2.05, 4.69) is 4.98 Å². The Bertz CT molecular complexity index is 1040. The van der Waals surface area contributed by atoms with Crippen molar-refractivity contribution in [1.29, 1.82) is 0 Å². The summed E-state index contributed by atoms with van der Waals surface area (Å²) in [4.78, 5) is 40.6. The largest absolute Gasteiger partial charge is 0.450 e. The molecule has 1 aromatic carbocycles. The molecule has 3 aromatic rings. The number of para-hydroxylation sites is 1. The zero-order valence-corrected chi connectivity index (χ0v) is 16.1. The van der Waals surface area contributed by atoms with Crippen molar-refractivity contribution in [2.75, 3.05) is 19.7 Å². The van der Waals surface area contributed by atoms with Gasteiger partial charge in [0.05, 0.1) is 21.3 Å². The van der Waals surface area contributed by atoms with Gasteiger partial charge in [0.1, 0.15) is 4.92 Å². The first-order valence-electron chi connectivity index (χ1n) is 9.06. The van der Waals surface area contributed by atoms with E-state index in [0.717, 1.165) is 40.2 Å². The molecule has 9 nitrogen and oxygen atoms in total. The van der Waals surface area contributed by atoms with Gasteiger partial charge in [-0.15, -0.1) is 11.3 Å². The standard InChI is InChI=1S/C19H17N3O6S/c23-16(11-27-19(24)14-7-8-17(28-14)22(25)26)21-9-3-4-12(10-21)18-20-13-5-1-2-6-15(13)29-18/h1-2,5-8,12H,3-4,9-11H2/t12-/m1/s1. The molecule has 2 aromatic heterocycles. The lowest BCUT2D eigenvalue weighted by Crippen LogP contribution is -2.41. The van der Waals surface area contributed by atoms with Gasteiger partial charge >= 0.3 is 11.9 Å². The van der Waals surface area contributed by atoms with E-state index in [4.69, 9.17) is 9.15 Å². The van der Waals surface area contributed by atoms with E-state index in [1.807, 2.05) is 24.3 Å². The summed E-state index contributed by atoms with van der Waals surface area (Å²) in [6.45, 7) is 0.659. The number of carbonyl (C=O) groups excluding carboxylic acids is 2. The Balaban J connectivity index is 1.35. The van der Waals surface area contributed by atoms with E-state index in [0.29, 0.717) is 13.1 Å². The van der Waals surface area contributed by atoms with Crippen LogP contribution in [0.2, 0.25) is 0 Å². The molecule has 4 rings (SSSR count). The third-order valence-electron chi connectivity index (χ3n) is 4.73. The minimum Gasteiger partial charge on any atom is -0.450 e. The molecule has 1 aliphatic heterocycles. The molecule has 1 saturated heterocycles. The number of rotatable bonds is 5. The zero-order chi connectivity index (χ0) is 20.4. The van der Waals surface area contributed by atoms with E-state index < -0.39 is 23.4 Å². The Morgan fingerprint density at radius 1 is 1.31 bits per heavy atom. The number of amides is 1. The zero-order valence-electron chi connectivity index (χ0n) is 15.3. The van der Waals surface area contributed by atoms with E-state index in [1.54, 1.807) is 16.2 Å². The number of benzene rings is 1. The molecule has 1 aliphatic rings. The quantitative estimate of drug-likeness (QED) is 0.356. The molecule has 0 bridgehead atoms. The van der Waals surface area contributed by atoms with Crippen LogP contribution < -0.4 is 0 Å². The topological polar surface area (TPSA) is 116 Å². The SMILES string of the molecule is O=C(OCC(=O)N1CCC[C@@H](c2nc3ccccc3s2)C1)c1ccc([N+](=O)[O-])o1. The fourth-order valence-corrected chi connectivity index (χ4v) is 4.39. The molecule has 29 heavy (non-hydrogen) atoms. The fourth-order valence-electron chi connectivity index (χ4n) is 3.30. The summed E-state index contributed by atoms with van der Waals surface area (Å²) in [7, 11) is 0. The van der Waals surface area contributed by atoms with Crippen LogP contribution in [0.15, 0.2) is 40.8 Å². The summed E-state index contributed by atoms with van der Waals surface area (Å²) in [5.41, 5.74) is 0.956. The first-order valence-corrected chi connectivity index (χ1v) is 9.87. The highest BCUT2D eigenvalue weighted by molar-refractivity contribution is 7.18. The maximum atomic E-state index is 12.5. The Kier molecular flexibility index (Phi) is 5.26. The molecule has 0 saturated carbocycles. The highest BCUT2D eigenvalue weighted by Crippen LogP contribution is 2.33. The molecule has 1 fully saturated rings. The van der Waals surface area contributed by atoms with Gasteiger partial charge in [-0.1, -0.05) is 12.1 Å². The van der Waals surface area contributed by atoms with Crippen molar-refractivity contribution >= 4 is 39.3 Å². The molecule has 0 N–H and O–H groups in total. The Morgan fingerprint density at radius 3 is 2.90 bits per heavy atom. The van der Waals surface area contributed by atoms with E-state index in [9.17, 15) is 19.7 Å². The Morgan fingerprint density at radius 2 is 2.14 bits per heavy atom. The molecule has 0 radical (unpaired) electrons. The number of ether oxygens (including phenoxy) is 1. The number of fused-ring (bicyclic) bond motifs is 1. The summed E-state index contributed by atoms with van der Waals surface area (Å²) < 4.78 is 10.9. The average Bonchev–Trinajstić information content (AvgIpc) is 3.39. The number of thiazole rings is 1. The maximum absolute atomic E-state index is 12.5. The van der Waals surface area contributed by atoms with Gasteiger partial charge in [-0.25, -0.2) is 9.78 Å². The number of likely N-dealkylation sites (tertiary alicyclic amines) is 1. The molecule has 150 valence electrons. The summed E-state index contributed by atoms with van der Waals surface area (Å²) in [6.07, 6.45) is 1.78. The van der Waals surface area contributed by atoms with Gasteiger partial charge in [0, 0.05) is 19.0 Å². The van der Waals surface area contributed by atoms with Crippen LogP contribution in [-0.4, -0.2) is 46.4 Å². The number of hydrogen-bond acceptors (Lipinski definition) is 8. The second kappa shape index (κ2) is 8.00. The summed E-state index contributed by atoms with van der Waals surface area (Å²) in [5.74, 6) is -1.95. The van der Waals surface area contributed by atoms with Gasteiger partial charge in [-0.3, -0.25) is 14.9 Å². The number of nitrogens with zero attached hydrogens (tertiary/aromatic N) is 3. The van der Waals surface area contributed by atoms with Crippen LogP contribution in [0.25, 0.3) is 10.2 Å². The number of aromatic nitrogens is 1. The Hall–Kier alpha value is -3.27. The van der Waals surface area contributed by atoms with Crippen LogP contribution in [0.3, 0.4) is 0 Å². The van der Waals surface area contributed by atoms with Crippen LogP contribution in [0, 0.1) is 10.1 Å². The number of hydrogen-bond donors (Lipinski definition) is 0. The summed E-state index contributed by atoms with van der Waals surface area (Å²) in [5, 5.41) is 11.6. The van der Waals surface area contributed by atoms with Crippen LogP contribution >= 0.6 is 11.3 Å². The normalized spacial score (nSPS) is 16.7. The average molecular weight is 415 g/mol. The van der Waals surface area contributed by atoms with Crippen LogP contribution in [-0.2, 0) is 9.53 Å². The second-order valence-electron chi connectivity index (χ2n) is 6.67. The predicted molar refractivity (Wildman–Crippen MR) is 104 cm³/mol. The minimum atomic E-state index is -0.911. The van der Waals surface area contributed by atoms with E-state index in [-0.39, 0.29) is 17.6 Å². The number of piperidine rings is 1. The van der Waals surface area contributed by atoms with E-state index >= 15 is 0 Å². The van der Waals surface area contributed by atoms with Crippen molar-refractivity contribution < 1.29 is 23.7 Å². The molecule has 0 spiro atoms. The van der Waals surface area contributed by atoms with Gasteiger partial charge < -0.3 is 14.1 Å². The van der Waals surface area contributed by atoms with Gasteiger partial charge in [0.25, 0.3) is 5.91 Å². The highest BCUT2D eigenvalue weighted by Gasteiger charge is 2.28. The number of nitro groups is 1. The summed E-state index contributed by atoms with van der Waals surface area (Å²) in [6, 6.07) is 10.1. The molecular weight excluding hydrogens is 398 g/mol. The van der Waals surface area contributed by atoms with Crippen molar-refractivity contribution in [2.45, 2.75) is 18.8 Å². The van der Waals surface area contributed by atoms with Crippen molar-refractivity contribution in [3.05, 3.63) is 57.3 Å². The highest BCUT2D eigenvalue weighted by atomic mass is 32.1. The first kappa shape index (κ1) is 19.1. The molecular formula is C19H17N3O6S. The number of esters is 1. The molecule has 1 amide bonds. The van der Waals surface area contributed by atoms with Crippen molar-refractivity contribution in [1.82, 2.24) is 9.88 Å². The molecule has 0 unspecified atom stereocenters. The predicted octanol–water partition coefficient (Wildman–Crippen LogP) is 3.36. The molecule has 10 heteroatoms. The summed E-state index contributed by atoms with van der Waals surface area (Å²) >= 11 is 1.64. The van der Waals surface area contributed by atoms with Gasteiger partial charge in [0.15, 0.2) is 6.61 Å². The lowest BCUT2D eigenvalue weighted by atomic mass is 9.99. The lowest BCUT2D eigenvalue weighted by molar-refractivity contribution is -0.402. The first-order chi connectivity index (χ1) is 14.0. The lowest BCUT2D eigenvalue weighted by Gasteiger charge is -2.31. The fraction of sp³-hybridized carbons (Fsp3) is 0.316. The number of furan rings is 1.